The smallest absolute Gasteiger partial charge is 0.0443 e. The average molecular weight is 251 g/mol. The van der Waals surface area contributed by atoms with Crippen LogP contribution in [0.5, 0.6) is 0 Å². The first kappa shape index (κ1) is 13.1. The van der Waals surface area contributed by atoms with Gasteiger partial charge in [-0.3, -0.25) is 0 Å². The molecule has 2 rings (SSSR count). The lowest BCUT2D eigenvalue weighted by Crippen LogP contribution is -2.23. The van der Waals surface area contributed by atoms with Crippen molar-refractivity contribution >= 4 is 11.3 Å². The van der Waals surface area contributed by atoms with Crippen molar-refractivity contribution in [3.63, 3.8) is 0 Å². The molecule has 0 spiro atoms. The minimum Gasteiger partial charge on any atom is -0.309 e. The maximum absolute atomic E-state index is 3.77. The Balaban J connectivity index is 1.68. The van der Waals surface area contributed by atoms with Crippen molar-refractivity contribution in [2.75, 3.05) is 6.54 Å². The van der Waals surface area contributed by atoms with E-state index >= 15 is 0 Å². The van der Waals surface area contributed by atoms with Gasteiger partial charge in [0.15, 0.2) is 0 Å². The fourth-order valence-electron chi connectivity index (χ4n) is 2.33. The van der Waals surface area contributed by atoms with E-state index in [1.807, 2.05) is 11.3 Å². The van der Waals surface area contributed by atoms with Gasteiger partial charge in [-0.05, 0) is 49.1 Å². The Morgan fingerprint density at radius 3 is 2.76 bits per heavy atom. The molecule has 0 saturated heterocycles. The molecule has 1 saturated carbocycles. The first-order valence-electron chi connectivity index (χ1n) is 7.04. The Hall–Kier alpha value is -0.340. The molecule has 1 aromatic heterocycles. The van der Waals surface area contributed by atoms with Crippen molar-refractivity contribution in [3.05, 3.63) is 22.4 Å². The van der Waals surface area contributed by atoms with Gasteiger partial charge in [0.2, 0.25) is 0 Å². The summed E-state index contributed by atoms with van der Waals surface area (Å²) in [6.07, 6.45) is 6.90. The van der Waals surface area contributed by atoms with Crippen LogP contribution in [0.2, 0.25) is 0 Å². The molecule has 1 aromatic rings. The standard InChI is InChI=1S/C15H25NS/c1-12(2)6-3-4-10-16-15(13-8-9-13)14-7-5-11-17-14/h5,7,11-13,15-16H,3-4,6,8-10H2,1-2H3. The molecule has 1 heterocycles. The Morgan fingerprint density at radius 1 is 1.35 bits per heavy atom. The van der Waals surface area contributed by atoms with Crippen molar-refractivity contribution in [2.24, 2.45) is 11.8 Å². The molecule has 0 bridgehead atoms. The molecule has 1 aliphatic rings. The Labute approximate surface area is 110 Å². The quantitative estimate of drug-likeness (QED) is 0.665. The van der Waals surface area contributed by atoms with Gasteiger partial charge in [0, 0.05) is 10.9 Å². The van der Waals surface area contributed by atoms with Crippen LogP contribution in [0.25, 0.3) is 0 Å². The average Bonchev–Trinajstić information content (AvgIpc) is 2.98. The highest BCUT2D eigenvalue weighted by atomic mass is 32.1. The Bertz CT molecular complexity index is 301. The zero-order valence-electron chi connectivity index (χ0n) is 11.1. The van der Waals surface area contributed by atoms with E-state index in [4.69, 9.17) is 0 Å². The second kappa shape index (κ2) is 6.55. The molecule has 1 aliphatic carbocycles. The molecule has 1 nitrogen and oxygen atoms in total. The van der Waals surface area contributed by atoms with Crippen LogP contribution in [0.3, 0.4) is 0 Å². The highest BCUT2D eigenvalue weighted by Crippen LogP contribution is 2.42. The zero-order valence-corrected chi connectivity index (χ0v) is 11.9. The summed E-state index contributed by atoms with van der Waals surface area (Å²) in [5.41, 5.74) is 0. The van der Waals surface area contributed by atoms with Crippen LogP contribution < -0.4 is 5.32 Å². The van der Waals surface area contributed by atoms with Crippen molar-refractivity contribution in [1.82, 2.24) is 5.32 Å². The molecule has 0 radical (unpaired) electrons. The van der Waals surface area contributed by atoms with Gasteiger partial charge < -0.3 is 5.32 Å². The second-order valence-corrected chi connectivity index (χ2v) is 6.65. The monoisotopic (exact) mass is 251 g/mol. The van der Waals surface area contributed by atoms with Crippen molar-refractivity contribution in [2.45, 2.75) is 52.0 Å². The lowest BCUT2D eigenvalue weighted by molar-refractivity contribution is 0.459. The first-order valence-corrected chi connectivity index (χ1v) is 7.92. The predicted molar refractivity (Wildman–Crippen MR) is 76.5 cm³/mol. The van der Waals surface area contributed by atoms with E-state index in [-0.39, 0.29) is 0 Å². The minimum absolute atomic E-state index is 0.647. The van der Waals surface area contributed by atoms with Crippen molar-refractivity contribution in [1.29, 1.82) is 0 Å². The van der Waals surface area contributed by atoms with E-state index in [2.05, 4.69) is 36.7 Å². The molecule has 17 heavy (non-hydrogen) atoms. The topological polar surface area (TPSA) is 12.0 Å². The fraction of sp³-hybridized carbons (Fsp3) is 0.733. The fourth-order valence-corrected chi connectivity index (χ4v) is 3.23. The number of hydrogen-bond donors (Lipinski definition) is 1. The van der Waals surface area contributed by atoms with Gasteiger partial charge in [-0.15, -0.1) is 11.3 Å². The molecule has 0 amide bonds. The number of hydrogen-bond acceptors (Lipinski definition) is 2. The van der Waals surface area contributed by atoms with Crippen LogP contribution in [0.1, 0.15) is 56.9 Å². The molecule has 1 atom stereocenters. The lowest BCUT2D eigenvalue weighted by atomic mass is 10.1. The number of nitrogens with one attached hydrogen (secondary N) is 1. The summed E-state index contributed by atoms with van der Waals surface area (Å²) in [7, 11) is 0. The van der Waals surface area contributed by atoms with Crippen LogP contribution in [-0.4, -0.2) is 6.54 Å². The van der Waals surface area contributed by atoms with E-state index in [1.165, 1.54) is 43.5 Å². The molecule has 0 aliphatic heterocycles. The van der Waals surface area contributed by atoms with E-state index in [9.17, 15) is 0 Å². The number of unbranched alkanes of at least 4 members (excludes halogenated alkanes) is 1. The van der Waals surface area contributed by atoms with E-state index in [1.54, 1.807) is 0 Å². The van der Waals surface area contributed by atoms with Crippen molar-refractivity contribution in [3.8, 4) is 0 Å². The van der Waals surface area contributed by atoms with Gasteiger partial charge in [0.1, 0.15) is 0 Å². The molecule has 1 N–H and O–H groups in total. The van der Waals surface area contributed by atoms with Crippen LogP contribution in [0.15, 0.2) is 17.5 Å². The Morgan fingerprint density at radius 2 is 2.18 bits per heavy atom. The van der Waals surface area contributed by atoms with Gasteiger partial charge >= 0.3 is 0 Å². The van der Waals surface area contributed by atoms with E-state index < -0.39 is 0 Å². The highest BCUT2D eigenvalue weighted by molar-refractivity contribution is 7.10. The zero-order chi connectivity index (χ0) is 12.1. The highest BCUT2D eigenvalue weighted by Gasteiger charge is 2.32. The first-order chi connectivity index (χ1) is 8.27. The van der Waals surface area contributed by atoms with Gasteiger partial charge in [-0.25, -0.2) is 0 Å². The molecule has 0 aromatic carbocycles. The van der Waals surface area contributed by atoms with Crippen LogP contribution >= 0.6 is 11.3 Å². The third-order valence-corrected chi connectivity index (χ3v) is 4.47. The summed E-state index contributed by atoms with van der Waals surface area (Å²) in [6.45, 7) is 5.81. The SMILES string of the molecule is CC(C)CCCCNC(c1cccs1)C1CC1. The van der Waals surface area contributed by atoms with E-state index in [0.29, 0.717) is 6.04 Å². The normalized spacial score (nSPS) is 17.6. The minimum atomic E-state index is 0.647. The largest absolute Gasteiger partial charge is 0.309 e. The van der Waals surface area contributed by atoms with Crippen molar-refractivity contribution < 1.29 is 0 Å². The maximum atomic E-state index is 3.77. The summed E-state index contributed by atoms with van der Waals surface area (Å²) in [4.78, 5) is 1.54. The summed E-state index contributed by atoms with van der Waals surface area (Å²) >= 11 is 1.91. The number of rotatable bonds is 8. The summed E-state index contributed by atoms with van der Waals surface area (Å²) in [5.74, 6) is 1.77. The van der Waals surface area contributed by atoms with Crippen LogP contribution in [-0.2, 0) is 0 Å². The molecular formula is C15H25NS. The third kappa shape index (κ3) is 4.44. The van der Waals surface area contributed by atoms with E-state index in [0.717, 1.165) is 11.8 Å². The van der Waals surface area contributed by atoms with Gasteiger partial charge in [0.05, 0.1) is 0 Å². The van der Waals surface area contributed by atoms with Crippen LogP contribution in [0.4, 0.5) is 0 Å². The molecular weight excluding hydrogens is 226 g/mol. The van der Waals surface area contributed by atoms with Gasteiger partial charge in [-0.2, -0.15) is 0 Å². The molecule has 2 heteroatoms. The van der Waals surface area contributed by atoms with Crippen LogP contribution in [0, 0.1) is 11.8 Å². The summed E-state index contributed by atoms with van der Waals surface area (Å²) in [5, 5.41) is 5.97. The Kier molecular flexibility index (Phi) is 5.05. The molecule has 96 valence electrons. The predicted octanol–water partition coefficient (Wildman–Crippen LogP) is 4.62. The second-order valence-electron chi connectivity index (χ2n) is 5.67. The van der Waals surface area contributed by atoms with Gasteiger partial charge in [-0.1, -0.05) is 32.8 Å². The number of thiophene rings is 1. The van der Waals surface area contributed by atoms with Gasteiger partial charge in [0.25, 0.3) is 0 Å². The molecule has 1 unspecified atom stereocenters. The molecule has 1 fully saturated rings. The lowest BCUT2D eigenvalue weighted by Gasteiger charge is -2.17. The third-order valence-electron chi connectivity index (χ3n) is 3.52. The maximum Gasteiger partial charge on any atom is 0.0443 e. The summed E-state index contributed by atoms with van der Waals surface area (Å²) in [6, 6.07) is 5.11. The summed E-state index contributed by atoms with van der Waals surface area (Å²) < 4.78 is 0.